The Kier molecular flexibility index (Phi) is 2.49. The Labute approximate surface area is 93.1 Å². The molecule has 0 unspecified atom stereocenters. The maximum absolute atomic E-state index is 12.1. The third kappa shape index (κ3) is 2.21. The summed E-state index contributed by atoms with van der Waals surface area (Å²) < 4.78 is 40.1. The summed E-state index contributed by atoms with van der Waals surface area (Å²) in [5.41, 5.74) is 0.912. The lowest BCUT2D eigenvalue weighted by Crippen LogP contribution is -2.17. The molecule has 1 aromatic rings. The highest BCUT2D eigenvalue weighted by atomic mass is 32.3. The van der Waals surface area contributed by atoms with Crippen LogP contribution in [0.1, 0.15) is 0 Å². The molecule has 1 aliphatic heterocycles. The van der Waals surface area contributed by atoms with Gasteiger partial charge in [-0.1, -0.05) is 0 Å². The normalized spacial score (nSPS) is 19.8. The Morgan fingerprint density at radius 3 is 2.62 bits per heavy atom. The van der Waals surface area contributed by atoms with E-state index in [0.717, 1.165) is 16.5 Å². The van der Waals surface area contributed by atoms with E-state index in [-0.39, 0.29) is 5.75 Å². The van der Waals surface area contributed by atoms with E-state index < -0.39 is 16.4 Å². The molecule has 1 aliphatic rings. The molecule has 6 heteroatoms. The smallest absolute Gasteiger partial charge is 0.406 e. The summed E-state index contributed by atoms with van der Waals surface area (Å²) >= 11 is 0. The van der Waals surface area contributed by atoms with Crippen LogP contribution in [0, 0.1) is 0 Å². The third-order valence-electron chi connectivity index (χ3n) is 2.41. The van der Waals surface area contributed by atoms with Crippen molar-refractivity contribution in [2.24, 2.45) is 0 Å². The summed E-state index contributed by atoms with van der Waals surface area (Å²) in [6.45, 7) is 0. The second-order valence-electron chi connectivity index (χ2n) is 4.07. The van der Waals surface area contributed by atoms with E-state index in [1.807, 2.05) is 0 Å². The highest BCUT2D eigenvalue weighted by Gasteiger charge is 2.32. The minimum Gasteiger partial charge on any atom is -0.406 e. The van der Waals surface area contributed by atoms with Crippen LogP contribution < -0.4 is 10.1 Å². The monoisotopic (exact) mass is 251 g/mol. The van der Waals surface area contributed by atoms with E-state index in [0.29, 0.717) is 0 Å². The van der Waals surface area contributed by atoms with E-state index in [2.05, 4.69) is 22.6 Å². The summed E-state index contributed by atoms with van der Waals surface area (Å²) in [5.74, 6) is 0.660. The van der Waals surface area contributed by atoms with Gasteiger partial charge in [-0.15, -0.1) is 13.2 Å². The Bertz CT molecular complexity index is 417. The van der Waals surface area contributed by atoms with Crippen molar-refractivity contribution < 1.29 is 17.9 Å². The SMILES string of the molecule is CS1(C)CNc2ccc(OC(F)(F)F)cc21. The van der Waals surface area contributed by atoms with Gasteiger partial charge in [0.25, 0.3) is 0 Å². The Hall–Kier alpha value is -1.04. The highest BCUT2D eigenvalue weighted by molar-refractivity contribution is 8.33. The molecular weight excluding hydrogens is 239 g/mol. The van der Waals surface area contributed by atoms with Crippen LogP contribution in [-0.2, 0) is 0 Å². The summed E-state index contributed by atoms with van der Waals surface area (Å²) in [7, 11) is -1.04. The first-order chi connectivity index (χ1) is 7.28. The van der Waals surface area contributed by atoms with E-state index in [4.69, 9.17) is 0 Å². The van der Waals surface area contributed by atoms with Gasteiger partial charge < -0.3 is 10.1 Å². The number of rotatable bonds is 1. The predicted molar refractivity (Wildman–Crippen MR) is 59.3 cm³/mol. The first-order valence-corrected chi connectivity index (χ1v) is 7.24. The lowest BCUT2D eigenvalue weighted by atomic mass is 10.3. The molecule has 1 aromatic carbocycles. The molecule has 0 atom stereocenters. The van der Waals surface area contributed by atoms with Crippen LogP contribution in [-0.4, -0.2) is 24.8 Å². The topological polar surface area (TPSA) is 21.3 Å². The molecule has 0 aliphatic carbocycles. The molecule has 0 fully saturated rings. The largest absolute Gasteiger partial charge is 0.573 e. The molecule has 0 spiro atoms. The van der Waals surface area contributed by atoms with Crippen molar-refractivity contribution in [3.8, 4) is 5.75 Å². The number of hydrogen-bond acceptors (Lipinski definition) is 2. The van der Waals surface area contributed by atoms with Crippen LogP contribution in [0.25, 0.3) is 0 Å². The van der Waals surface area contributed by atoms with Crippen LogP contribution in [0.5, 0.6) is 5.75 Å². The predicted octanol–water partition coefficient (Wildman–Crippen LogP) is 3.39. The van der Waals surface area contributed by atoms with E-state index >= 15 is 0 Å². The summed E-state index contributed by atoms with van der Waals surface area (Å²) in [6.07, 6.45) is -0.508. The van der Waals surface area contributed by atoms with Crippen LogP contribution in [0.2, 0.25) is 0 Å². The first-order valence-electron chi connectivity index (χ1n) is 4.63. The molecule has 1 N–H and O–H groups in total. The van der Waals surface area contributed by atoms with Crippen molar-refractivity contribution in [2.45, 2.75) is 11.3 Å². The van der Waals surface area contributed by atoms with Gasteiger partial charge in [-0.05, 0) is 30.7 Å². The van der Waals surface area contributed by atoms with Crippen molar-refractivity contribution in [2.75, 3.05) is 23.7 Å². The maximum atomic E-state index is 12.1. The van der Waals surface area contributed by atoms with E-state index in [9.17, 15) is 13.2 Å². The van der Waals surface area contributed by atoms with Crippen LogP contribution in [0.15, 0.2) is 23.1 Å². The van der Waals surface area contributed by atoms with Gasteiger partial charge in [-0.3, -0.25) is 0 Å². The van der Waals surface area contributed by atoms with Gasteiger partial charge in [0.05, 0.1) is 0 Å². The average molecular weight is 251 g/mol. The van der Waals surface area contributed by atoms with Gasteiger partial charge in [0.2, 0.25) is 0 Å². The third-order valence-corrected chi connectivity index (χ3v) is 4.80. The number of fused-ring (bicyclic) bond motifs is 1. The van der Waals surface area contributed by atoms with Crippen LogP contribution >= 0.6 is 10.0 Å². The Morgan fingerprint density at radius 2 is 2.00 bits per heavy atom. The molecule has 90 valence electrons. The van der Waals surface area contributed by atoms with Gasteiger partial charge in [0, 0.05) is 16.5 Å². The fourth-order valence-electron chi connectivity index (χ4n) is 1.64. The lowest BCUT2D eigenvalue weighted by Gasteiger charge is -2.24. The molecule has 0 aromatic heterocycles. The fourth-order valence-corrected chi connectivity index (χ4v) is 3.48. The molecule has 16 heavy (non-hydrogen) atoms. The van der Waals surface area contributed by atoms with E-state index in [1.54, 1.807) is 6.07 Å². The summed E-state index contributed by atoms with van der Waals surface area (Å²) in [4.78, 5) is 0.939. The second kappa shape index (κ2) is 3.48. The van der Waals surface area contributed by atoms with Gasteiger partial charge in [0.15, 0.2) is 0 Å². The molecule has 1 heterocycles. The molecule has 0 amide bonds. The average Bonchev–Trinajstić information content (AvgIpc) is 2.40. The summed E-state index contributed by atoms with van der Waals surface area (Å²) in [5, 5.41) is 3.18. The van der Waals surface area contributed by atoms with E-state index in [1.165, 1.54) is 12.1 Å². The van der Waals surface area contributed by atoms with Crippen molar-refractivity contribution >= 4 is 15.7 Å². The Balaban J connectivity index is 2.33. The number of hydrogen-bond donors (Lipinski definition) is 1. The van der Waals surface area contributed by atoms with Gasteiger partial charge >= 0.3 is 6.36 Å². The number of halogens is 3. The fraction of sp³-hybridized carbons (Fsp3) is 0.400. The van der Waals surface area contributed by atoms with Crippen molar-refractivity contribution in [3.05, 3.63) is 18.2 Å². The minimum absolute atomic E-state index is 0.143. The molecule has 0 radical (unpaired) electrons. The van der Waals surface area contributed by atoms with Crippen molar-refractivity contribution in [3.63, 3.8) is 0 Å². The minimum atomic E-state index is -4.63. The second-order valence-corrected chi connectivity index (χ2v) is 7.87. The molecular formula is C10H12F3NOS. The quantitative estimate of drug-likeness (QED) is 0.826. The zero-order valence-electron chi connectivity index (χ0n) is 8.89. The molecule has 2 rings (SSSR count). The number of alkyl halides is 3. The van der Waals surface area contributed by atoms with Crippen molar-refractivity contribution in [1.82, 2.24) is 0 Å². The number of benzene rings is 1. The zero-order chi connectivity index (χ0) is 12.0. The number of nitrogens with one attached hydrogen (secondary N) is 1. The summed E-state index contributed by atoms with van der Waals surface area (Å²) in [6, 6.07) is 4.45. The van der Waals surface area contributed by atoms with Gasteiger partial charge in [-0.2, -0.15) is 0 Å². The Morgan fingerprint density at radius 1 is 1.31 bits per heavy atom. The zero-order valence-corrected chi connectivity index (χ0v) is 9.71. The number of anilines is 1. The molecule has 2 nitrogen and oxygen atoms in total. The lowest BCUT2D eigenvalue weighted by molar-refractivity contribution is -0.274. The first kappa shape index (κ1) is 11.4. The van der Waals surface area contributed by atoms with Crippen molar-refractivity contribution in [1.29, 1.82) is 0 Å². The van der Waals surface area contributed by atoms with Gasteiger partial charge in [-0.25, -0.2) is 10.0 Å². The van der Waals surface area contributed by atoms with Gasteiger partial charge in [0.1, 0.15) is 5.75 Å². The number of ether oxygens (including phenoxy) is 1. The maximum Gasteiger partial charge on any atom is 0.573 e. The van der Waals surface area contributed by atoms with Crippen LogP contribution in [0.3, 0.4) is 0 Å². The standard InChI is InChI=1S/C10H12F3NOS/c1-16(2)6-14-8-4-3-7(5-9(8)16)15-10(11,12)13/h3-5,14H,6H2,1-2H3. The highest BCUT2D eigenvalue weighted by Crippen LogP contribution is 2.57. The molecule has 0 bridgehead atoms. The van der Waals surface area contributed by atoms with Crippen LogP contribution in [0.4, 0.5) is 18.9 Å². The molecule has 0 saturated carbocycles. The molecule has 0 saturated heterocycles.